The molecule has 86 valence electrons. The van der Waals surface area contributed by atoms with Crippen molar-refractivity contribution in [2.45, 2.75) is 19.3 Å². The molecule has 1 N–H and O–H groups in total. The Balaban J connectivity index is 1.95. The lowest BCUT2D eigenvalue weighted by atomic mass is 10.1. The second kappa shape index (κ2) is 4.68. The van der Waals surface area contributed by atoms with Crippen LogP contribution in [0.5, 0.6) is 0 Å². The van der Waals surface area contributed by atoms with E-state index in [1.165, 1.54) is 0 Å². The van der Waals surface area contributed by atoms with Crippen molar-refractivity contribution >= 4 is 35.8 Å². The van der Waals surface area contributed by atoms with Crippen LogP contribution in [0, 0.1) is 5.41 Å². The number of anilines is 1. The van der Waals surface area contributed by atoms with Crippen LogP contribution in [0.1, 0.15) is 19.3 Å². The van der Waals surface area contributed by atoms with Crippen LogP contribution in [-0.4, -0.2) is 11.7 Å². The summed E-state index contributed by atoms with van der Waals surface area (Å²) >= 11 is 10.2. The van der Waals surface area contributed by atoms with E-state index in [9.17, 15) is 4.79 Å². The molecule has 1 saturated carbocycles. The molecule has 0 spiro atoms. The van der Waals surface area contributed by atoms with Gasteiger partial charge < -0.3 is 5.32 Å². The number of carbonyl (C=O) groups is 1. The summed E-state index contributed by atoms with van der Waals surface area (Å²) in [6, 6.07) is 7.27. The molecule has 0 aromatic heterocycles. The average Bonchev–Trinajstić information content (AvgIpc) is 3.02. The zero-order chi connectivity index (χ0) is 11.6. The Labute approximate surface area is 106 Å². The topological polar surface area (TPSA) is 29.1 Å². The molecule has 0 radical (unpaired) electrons. The zero-order valence-electron chi connectivity index (χ0n) is 8.87. The van der Waals surface area contributed by atoms with Crippen LogP contribution in [0.25, 0.3) is 0 Å². The van der Waals surface area contributed by atoms with Crippen LogP contribution in [0.15, 0.2) is 24.3 Å². The third kappa shape index (κ3) is 2.71. The summed E-state index contributed by atoms with van der Waals surface area (Å²) in [4.78, 5) is 11.8. The van der Waals surface area contributed by atoms with Crippen molar-refractivity contribution in [1.29, 1.82) is 0 Å². The number of thiol groups is 1. The number of nitrogens with one attached hydrogen (secondary N) is 1. The lowest BCUT2D eigenvalue weighted by Gasteiger charge is -2.12. The fourth-order valence-corrected chi connectivity index (χ4v) is 2.28. The summed E-state index contributed by atoms with van der Waals surface area (Å²) in [6.07, 6.45) is 2.75. The van der Waals surface area contributed by atoms with Crippen LogP contribution in [0.4, 0.5) is 5.69 Å². The monoisotopic (exact) mass is 255 g/mol. The van der Waals surface area contributed by atoms with Crippen LogP contribution >= 0.6 is 24.2 Å². The SMILES string of the molecule is O=C(CC1(CS)CC1)Nc1ccccc1Cl. The van der Waals surface area contributed by atoms with Gasteiger partial charge in [-0.2, -0.15) is 12.6 Å². The molecule has 1 aromatic rings. The Bertz CT molecular complexity index is 404. The Morgan fingerprint density at radius 3 is 2.69 bits per heavy atom. The predicted molar refractivity (Wildman–Crippen MR) is 70.2 cm³/mol. The highest BCUT2D eigenvalue weighted by molar-refractivity contribution is 7.80. The fraction of sp³-hybridized carbons (Fsp3) is 0.417. The van der Waals surface area contributed by atoms with Gasteiger partial charge in [0.25, 0.3) is 0 Å². The molecule has 1 aliphatic carbocycles. The number of para-hydroxylation sites is 1. The molecule has 0 bridgehead atoms. The third-order valence-corrected chi connectivity index (χ3v) is 3.98. The molecule has 1 fully saturated rings. The Kier molecular flexibility index (Phi) is 3.45. The number of hydrogen-bond acceptors (Lipinski definition) is 2. The summed E-state index contributed by atoms with van der Waals surface area (Å²) < 4.78 is 0. The molecule has 2 rings (SSSR count). The van der Waals surface area contributed by atoms with Gasteiger partial charge in [-0.15, -0.1) is 0 Å². The highest BCUT2D eigenvalue weighted by Gasteiger charge is 2.42. The molecule has 0 unspecified atom stereocenters. The van der Waals surface area contributed by atoms with E-state index < -0.39 is 0 Å². The minimum atomic E-state index is 0.0275. The van der Waals surface area contributed by atoms with Crippen molar-refractivity contribution in [3.8, 4) is 0 Å². The highest BCUT2D eigenvalue weighted by atomic mass is 35.5. The number of carbonyl (C=O) groups excluding carboxylic acids is 1. The van der Waals surface area contributed by atoms with Crippen LogP contribution in [0.3, 0.4) is 0 Å². The normalized spacial score (nSPS) is 16.9. The second-order valence-electron chi connectivity index (χ2n) is 4.36. The first-order chi connectivity index (χ1) is 7.65. The van der Waals surface area contributed by atoms with E-state index in [1.54, 1.807) is 12.1 Å². The molecule has 1 aliphatic rings. The molecule has 0 atom stereocenters. The summed E-state index contributed by atoms with van der Waals surface area (Å²) in [5.41, 5.74) is 0.832. The van der Waals surface area contributed by atoms with E-state index in [-0.39, 0.29) is 11.3 Å². The number of rotatable bonds is 4. The minimum Gasteiger partial charge on any atom is -0.325 e. The maximum atomic E-state index is 11.8. The molecule has 4 heteroatoms. The van der Waals surface area contributed by atoms with E-state index in [0.29, 0.717) is 17.1 Å². The molecule has 0 saturated heterocycles. The van der Waals surface area contributed by atoms with Gasteiger partial charge in [0.05, 0.1) is 10.7 Å². The average molecular weight is 256 g/mol. The van der Waals surface area contributed by atoms with Crippen LogP contribution < -0.4 is 5.32 Å². The lowest BCUT2D eigenvalue weighted by molar-refractivity contribution is -0.117. The fourth-order valence-electron chi connectivity index (χ4n) is 1.67. The van der Waals surface area contributed by atoms with Crippen molar-refractivity contribution in [3.05, 3.63) is 29.3 Å². The van der Waals surface area contributed by atoms with Gasteiger partial charge in [0.2, 0.25) is 5.91 Å². The molecular formula is C12H14ClNOS. The lowest BCUT2D eigenvalue weighted by Crippen LogP contribution is -2.18. The number of benzene rings is 1. The smallest absolute Gasteiger partial charge is 0.225 e. The second-order valence-corrected chi connectivity index (χ2v) is 5.09. The van der Waals surface area contributed by atoms with Gasteiger partial charge in [-0.25, -0.2) is 0 Å². The van der Waals surface area contributed by atoms with Crippen molar-refractivity contribution < 1.29 is 4.79 Å². The van der Waals surface area contributed by atoms with Crippen molar-refractivity contribution in [1.82, 2.24) is 0 Å². The first-order valence-electron chi connectivity index (χ1n) is 5.30. The Morgan fingerprint density at radius 2 is 2.12 bits per heavy atom. The maximum Gasteiger partial charge on any atom is 0.225 e. The maximum absolute atomic E-state index is 11.8. The van der Waals surface area contributed by atoms with E-state index in [0.717, 1.165) is 18.6 Å². The quantitative estimate of drug-likeness (QED) is 0.794. The molecule has 0 aliphatic heterocycles. The van der Waals surface area contributed by atoms with Crippen molar-refractivity contribution in [2.75, 3.05) is 11.1 Å². The Hall–Kier alpha value is -0.670. The number of amides is 1. The van der Waals surface area contributed by atoms with E-state index in [1.807, 2.05) is 12.1 Å². The summed E-state index contributed by atoms with van der Waals surface area (Å²) in [5, 5.41) is 3.41. The summed E-state index contributed by atoms with van der Waals surface area (Å²) in [6.45, 7) is 0. The van der Waals surface area contributed by atoms with Crippen LogP contribution in [-0.2, 0) is 4.79 Å². The largest absolute Gasteiger partial charge is 0.325 e. The molecular weight excluding hydrogens is 242 g/mol. The van der Waals surface area contributed by atoms with Gasteiger partial charge in [-0.05, 0) is 36.1 Å². The highest BCUT2D eigenvalue weighted by Crippen LogP contribution is 2.49. The molecule has 16 heavy (non-hydrogen) atoms. The zero-order valence-corrected chi connectivity index (χ0v) is 10.5. The third-order valence-electron chi connectivity index (χ3n) is 2.98. The molecule has 0 heterocycles. The first kappa shape index (κ1) is 11.8. The van der Waals surface area contributed by atoms with Gasteiger partial charge >= 0.3 is 0 Å². The van der Waals surface area contributed by atoms with Gasteiger partial charge in [-0.1, -0.05) is 23.7 Å². The summed E-state index contributed by atoms with van der Waals surface area (Å²) in [7, 11) is 0. The molecule has 1 amide bonds. The number of hydrogen-bond donors (Lipinski definition) is 2. The van der Waals surface area contributed by atoms with Crippen molar-refractivity contribution in [3.63, 3.8) is 0 Å². The van der Waals surface area contributed by atoms with Crippen LogP contribution in [0.2, 0.25) is 5.02 Å². The van der Waals surface area contributed by atoms with E-state index >= 15 is 0 Å². The minimum absolute atomic E-state index is 0.0275. The van der Waals surface area contributed by atoms with E-state index in [2.05, 4.69) is 17.9 Å². The summed E-state index contributed by atoms with van der Waals surface area (Å²) in [5.74, 6) is 0.808. The standard InChI is InChI=1S/C12H14ClNOS/c13-9-3-1-2-4-10(9)14-11(15)7-12(8-16)5-6-12/h1-4,16H,5-8H2,(H,14,15). The Morgan fingerprint density at radius 1 is 1.44 bits per heavy atom. The van der Waals surface area contributed by atoms with Gasteiger partial charge in [0.1, 0.15) is 0 Å². The molecule has 2 nitrogen and oxygen atoms in total. The van der Waals surface area contributed by atoms with E-state index in [4.69, 9.17) is 11.6 Å². The molecule has 1 aromatic carbocycles. The predicted octanol–water partition coefficient (Wildman–Crippen LogP) is 3.38. The van der Waals surface area contributed by atoms with Crippen molar-refractivity contribution in [2.24, 2.45) is 5.41 Å². The number of halogens is 1. The van der Waals surface area contributed by atoms with Gasteiger partial charge in [0, 0.05) is 6.42 Å². The van der Waals surface area contributed by atoms with Gasteiger partial charge in [0.15, 0.2) is 0 Å². The van der Waals surface area contributed by atoms with Gasteiger partial charge in [-0.3, -0.25) is 4.79 Å². The first-order valence-corrected chi connectivity index (χ1v) is 6.31.